The molecule has 6 aliphatic rings. The Morgan fingerprint density at radius 1 is 0.226 bits per heavy atom. The second-order valence-corrected chi connectivity index (χ2v) is 11.2. The number of fused-ring (bicyclic) bond motifs is 3. The third kappa shape index (κ3) is 9.04. The topological polar surface area (TPSA) is 0 Å². The van der Waals surface area contributed by atoms with E-state index in [2.05, 4.69) is 0 Å². The minimum absolute atomic E-state index is 1.16. The van der Waals surface area contributed by atoms with E-state index >= 15 is 0 Å². The molecule has 0 radical (unpaired) electrons. The molecule has 0 heteroatoms. The molecule has 0 nitrogen and oxygen atoms in total. The highest BCUT2D eigenvalue weighted by Crippen LogP contribution is 2.44. The summed E-state index contributed by atoms with van der Waals surface area (Å²) in [5.41, 5.74) is 0. The summed E-state index contributed by atoms with van der Waals surface area (Å²) in [5.74, 6) is 6.99. The Bertz CT molecular complexity index is 354. The van der Waals surface area contributed by atoms with E-state index in [0.717, 1.165) is 11.8 Å². The summed E-state index contributed by atoms with van der Waals surface area (Å²) < 4.78 is 0. The molecule has 0 heterocycles. The molecule has 2 atom stereocenters. The van der Waals surface area contributed by atoms with Gasteiger partial charge in [-0.15, -0.1) is 0 Å². The lowest BCUT2D eigenvalue weighted by Gasteiger charge is -2.35. The van der Waals surface area contributed by atoms with Gasteiger partial charge in [-0.25, -0.2) is 0 Å². The SMILES string of the molecule is C1CC2CCCC2C1.C1CCC2CCCC2C1.C1CCC2CCCCC2C1.CC.CC. The highest BCUT2D eigenvalue weighted by atomic mass is 14.4. The van der Waals surface area contributed by atoms with Crippen LogP contribution in [0.15, 0.2) is 0 Å². The van der Waals surface area contributed by atoms with Gasteiger partial charge in [-0.05, 0) is 35.5 Å². The fraction of sp³-hybridized carbons (Fsp3) is 1.00. The van der Waals surface area contributed by atoms with Crippen LogP contribution in [-0.2, 0) is 0 Å². The van der Waals surface area contributed by atoms with Crippen LogP contribution in [0.5, 0.6) is 0 Å². The average Bonchev–Trinajstić information content (AvgIpc) is 3.60. The first kappa shape index (κ1) is 27.2. The summed E-state index contributed by atoms with van der Waals surface area (Å²) in [6.07, 6.45) is 32.5. The maximum absolute atomic E-state index is 2.00. The first-order valence-electron chi connectivity index (χ1n) is 15.4. The second kappa shape index (κ2) is 16.6. The zero-order valence-electron chi connectivity index (χ0n) is 22.3. The molecule has 0 amide bonds. The molecule has 6 fully saturated rings. The molecule has 0 aromatic rings. The van der Waals surface area contributed by atoms with E-state index in [0.29, 0.717) is 0 Å². The van der Waals surface area contributed by atoms with Crippen molar-refractivity contribution in [2.24, 2.45) is 35.5 Å². The van der Waals surface area contributed by atoms with Crippen molar-refractivity contribution >= 4 is 0 Å². The van der Waals surface area contributed by atoms with Gasteiger partial charge in [-0.3, -0.25) is 0 Å². The predicted octanol–water partition coefficient (Wildman–Crippen LogP) is 11.0. The van der Waals surface area contributed by atoms with E-state index in [9.17, 15) is 0 Å². The Labute approximate surface area is 198 Å². The van der Waals surface area contributed by atoms with Crippen molar-refractivity contribution in [1.82, 2.24) is 0 Å². The third-order valence-electron chi connectivity index (χ3n) is 9.65. The van der Waals surface area contributed by atoms with Gasteiger partial charge in [0, 0.05) is 0 Å². The maximum atomic E-state index is 2.00. The number of hydrogen-bond donors (Lipinski definition) is 0. The fourth-order valence-electron chi connectivity index (χ4n) is 8.06. The van der Waals surface area contributed by atoms with E-state index in [-0.39, 0.29) is 0 Å². The van der Waals surface area contributed by atoms with Crippen molar-refractivity contribution in [2.45, 2.75) is 163 Å². The monoisotopic (exact) mass is 432 g/mol. The van der Waals surface area contributed by atoms with Gasteiger partial charge in [0.25, 0.3) is 0 Å². The van der Waals surface area contributed by atoms with Crippen LogP contribution in [0.4, 0.5) is 0 Å². The Morgan fingerprint density at radius 2 is 0.355 bits per heavy atom. The summed E-state index contributed by atoms with van der Waals surface area (Å²) in [7, 11) is 0. The lowest BCUT2D eigenvalue weighted by molar-refractivity contribution is 0.171. The van der Waals surface area contributed by atoms with Crippen molar-refractivity contribution < 1.29 is 0 Å². The summed E-state index contributed by atoms with van der Waals surface area (Å²) in [5, 5.41) is 0. The fourth-order valence-corrected chi connectivity index (χ4v) is 8.06. The van der Waals surface area contributed by atoms with E-state index in [1.54, 1.807) is 77.0 Å². The second-order valence-electron chi connectivity index (χ2n) is 11.2. The van der Waals surface area contributed by atoms with Crippen molar-refractivity contribution in [2.75, 3.05) is 0 Å². The molecule has 184 valence electrons. The molecule has 0 aromatic heterocycles. The molecule has 0 N–H and O–H groups in total. The molecule has 0 aliphatic heterocycles. The Morgan fingerprint density at radius 3 is 0.516 bits per heavy atom. The Hall–Kier alpha value is 0. The molecular formula is C31H60. The smallest absolute Gasteiger partial charge is 0.0386 e. The first-order chi connectivity index (χ1) is 15.4. The van der Waals surface area contributed by atoms with Gasteiger partial charge < -0.3 is 0 Å². The lowest BCUT2D eigenvalue weighted by Crippen LogP contribution is -2.22. The van der Waals surface area contributed by atoms with Gasteiger partial charge in [-0.1, -0.05) is 163 Å². The quantitative estimate of drug-likeness (QED) is 0.357. The van der Waals surface area contributed by atoms with Gasteiger partial charge in [0.2, 0.25) is 0 Å². The highest BCUT2D eigenvalue weighted by Gasteiger charge is 2.31. The molecule has 6 rings (SSSR count). The third-order valence-corrected chi connectivity index (χ3v) is 9.65. The van der Waals surface area contributed by atoms with Crippen molar-refractivity contribution in [3.05, 3.63) is 0 Å². The molecule has 0 saturated heterocycles. The van der Waals surface area contributed by atoms with Crippen LogP contribution in [-0.4, -0.2) is 0 Å². The van der Waals surface area contributed by atoms with E-state index in [1.807, 2.05) is 27.7 Å². The normalized spacial score (nSPS) is 37.5. The van der Waals surface area contributed by atoms with Crippen molar-refractivity contribution in [3.63, 3.8) is 0 Å². The van der Waals surface area contributed by atoms with E-state index < -0.39 is 0 Å². The molecule has 6 saturated carbocycles. The summed E-state index contributed by atoms with van der Waals surface area (Å²) in [6.45, 7) is 8.00. The predicted molar refractivity (Wildman–Crippen MR) is 141 cm³/mol. The van der Waals surface area contributed by atoms with Crippen LogP contribution in [0, 0.1) is 35.5 Å². The first-order valence-corrected chi connectivity index (χ1v) is 15.4. The highest BCUT2D eigenvalue weighted by molar-refractivity contribution is 4.83. The maximum Gasteiger partial charge on any atom is -0.0386 e. The standard InChI is InChI=1S/C10H18.C9H16.C8H14.2C2H6/c1-2-6-10-8-4-3-7-9(10)5-1;1-2-5-9-7-3-6-8(9)4-1;1-3-7-5-2-6-8(7)4-1;2*1-2/h9-10H,1-8H2;8-9H,1-7H2;7-8H,1-6H2;2*1-2H3. The molecule has 0 spiro atoms. The minimum atomic E-state index is 1.16. The van der Waals surface area contributed by atoms with Crippen LogP contribution in [0.3, 0.4) is 0 Å². The van der Waals surface area contributed by atoms with Gasteiger partial charge in [-0.2, -0.15) is 0 Å². The summed E-state index contributed by atoms with van der Waals surface area (Å²) >= 11 is 0. The number of rotatable bonds is 0. The molecule has 0 bridgehead atoms. The van der Waals surface area contributed by atoms with Crippen LogP contribution in [0.1, 0.15) is 163 Å². The van der Waals surface area contributed by atoms with E-state index in [1.165, 1.54) is 81.5 Å². The van der Waals surface area contributed by atoms with Crippen LogP contribution in [0.2, 0.25) is 0 Å². The van der Waals surface area contributed by atoms with Crippen LogP contribution >= 0.6 is 0 Å². The molecule has 6 aliphatic carbocycles. The average molecular weight is 433 g/mol. The largest absolute Gasteiger partial charge is 0.0683 e. The van der Waals surface area contributed by atoms with Crippen LogP contribution in [0.25, 0.3) is 0 Å². The molecule has 0 aromatic carbocycles. The molecule has 31 heavy (non-hydrogen) atoms. The van der Waals surface area contributed by atoms with Crippen molar-refractivity contribution in [3.8, 4) is 0 Å². The number of hydrogen-bond acceptors (Lipinski definition) is 0. The summed E-state index contributed by atoms with van der Waals surface area (Å²) in [6, 6.07) is 0. The Kier molecular flexibility index (Phi) is 14.6. The summed E-state index contributed by atoms with van der Waals surface area (Å²) in [4.78, 5) is 0. The zero-order chi connectivity index (χ0) is 22.3. The minimum Gasteiger partial charge on any atom is -0.0683 e. The van der Waals surface area contributed by atoms with Gasteiger partial charge in [0.1, 0.15) is 0 Å². The lowest BCUT2D eigenvalue weighted by atomic mass is 9.71. The molecular weight excluding hydrogens is 372 g/mol. The van der Waals surface area contributed by atoms with Gasteiger partial charge in [0.15, 0.2) is 0 Å². The van der Waals surface area contributed by atoms with E-state index in [4.69, 9.17) is 0 Å². The van der Waals surface area contributed by atoms with Gasteiger partial charge in [0.05, 0.1) is 0 Å². The van der Waals surface area contributed by atoms with Crippen molar-refractivity contribution in [1.29, 1.82) is 0 Å². The van der Waals surface area contributed by atoms with Gasteiger partial charge >= 0.3 is 0 Å². The Balaban J connectivity index is 0.000000153. The van der Waals surface area contributed by atoms with Crippen LogP contribution < -0.4 is 0 Å². The molecule has 2 unspecified atom stereocenters. The zero-order valence-corrected chi connectivity index (χ0v) is 22.3.